The zero-order valence-corrected chi connectivity index (χ0v) is 15.0. The molecule has 3 atom stereocenters. The molecule has 0 bridgehead atoms. The van der Waals surface area contributed by atoms with Crippen molar-refractivity contribution in [3.05, 3.63) is 65.7 Å². The Labute approximate surface area is 158 Å². The fraction of sp³-hybridized carbons (Fsp3) is 0.238. The van der Waals surface area contributed by atoms with Crippen molar-refractivity contribution in [1.29, 1.82) is 0 Å². The Bertz CT molecular complexity index is 1210. The molecule has 5 nitrogen and oxygen atoms in total. The number of aromatic nitrogens is 2. The van der Waals surface area contributed by atoms with Crippen molar-refractivity contribution in [3.8, 4) is 0 Å². The van der Waals surface area contributed by atoms with Crippen LogP contribution in [0, 0.1) is 17.6 Å². The SMILES string of the molecule is C[C@@H](NC(=O)[C@H]1C[C@@H]1c1nc2ccc(F)cc2[nH]1)c1cc2cc(F)ccc2o1. The van der Waals surface area contributed by atoms with Gasteiger partial charge in [-0.25, -0.2) is 13.8 Å². The third kappa shape index (κ3) is 2.93. The van der Waals surface area contributed by atoms with Crippen LogP contribution in [-0.4, -0.2) is 15.9 Å². The van der Waals surface area contributed by atoms with Gasteiger partial charge in [0, 0.05) is 17.2 Å². The molecule has 4 aromatic rings. The largest absolute Gasteiger partial charge is 0.459 e. The molecule has 2 aromatic heterocycles. The van der Waals surface area contributed by atoms with Gasteiger partial charge < -0.3 is 14.7 Å². The number of carbonyl (C=O) groups is 1. The maximum Gasteiger partial charge on any atom is 0.224 e. The van der Waals surface area contributed by atoms with Crippen LogP contribution in [0.4, 0.5) is 8.78 Å². The van der Waals surface area contributed by atoms with E-state index in [4.69, 9.17) is 4.42 Å². The van der Waals surface area contributed by atoms with Gasteiger partial charge in [0.25, 0.3) is 0 Å². The van der Waals surface area contributed by atoms with Crippen LogP contribution >= 0.6 is 0 Å². The highest BCUT2D eigenvalue weighted by Crippen LogP contribution is 2.47. The molecule has 1 saturated carbocycles. The lowest BCUT2D eigenvalue weighted by Gasteiger charge is -2.11. The maximum absolute atomic E-state index is 13.3. The van der Waals surface area contributed by atoms with Crippen molar-refractivity contribution < 1.29 is 18.0 Å². The molecular weight excluding hydrogens is 364 g/mol. The zero-order chi connectivity index (χ0) is 19.4. The lowest BCUT2D eigenvalue weighted by molar-refractivity contribution is -0.123. The predicted octanol–water partition coefficient (Wildman–Crippen LogP) is 4.57. The maximum atomic E-state index is 13.3. The van der Waals surface area contributed by atoms with Crippen LogP contribution in [0.5, 0.6) is 0 Å². The first-order chi connectivity index (χ1) is 13.5. The Kier molecular flexibility index (Phi) is 3.72. The fourth-order valence-corrected chi connectivity index (χ4v) is 3.60. The quantitative estimate of drug-likeness (QED) is 0.544. The minimum Gasteiger partial charge on any atom is -0.459 e. The van der Waals surface area contributed by atoms with Crippen molar-refractivity contribution in [2.24, 2.45) is 5.92 Å². The van der Waals surface area contributed by atoms with Gasteiger partial charge in [-0.05, 0) is 55.8 Å². The van der Waals surface area contributed by atoms with E-state index in [1.807, 2.05) is 6.92 Å². The first kappa shape index (κ1) is 16.9. The van der Waals surface area contributed by atoms with Gasteiger partial charge in [-0.3, -0.25) is 4.79 Å². The monoisotopic (exact) mass is 381 g/mol. The Hall–Kier alpha value is -3.22. The standard InChI is InChI=1S/C21H17F2N3O2/c1-10(19-7-11-6-12(22)3-5-18(11)28-19)24-21(27)15-9-14(15)20-25-16-4-2-13(23)8-17(16)26-20/h2-8,10,14-15H,9H2,1H3,(H,24,27)(H,25,26)/t10-,14+,15+/m1/s1. The molecule has 1 fully saturated rings. The summed E-state index contributed by atoms with van der Waals surface area (Å²) in [6.07, 6.45) is 0.687. The fourth-order valence-electron chi connectivity index (χ4n) is 3.60. The normalized spacial score (nSPS) is 19.8. The number of rotatable bonds is 4. The number of halogens is 2. The highest BCUT2D eigenvalue weighted by molar-refractivity contribution is 5.84. The average molecular weight is 381 g/mol. The van der Waals surface area contributed by atoms with Gasteiger partial charge >= 0.3 is 0 Å². The first-order valence-corrected chi connectivity index (χ1v) is 9.12. The van der Waals surface area contributed by atoms with Crippen LogP contribution in [0.3, 0.4) is 0 Å². The number of imidazole rings is 1. The van der Waals surface area contributed by atoms with E-state index in [9.17, 15) is 13.6 Å². The highest BCUT2D eigenvalue weighted by Gasteiger charge is 2.46. The van der Waals surface area contributed by atoms with Crippen molar-refractivity contribution in [2.75, 3.05) is 0 Å². The van der Waals surface area contributed by atoms with Crippen LogP contribution in [0.25, 0.3) is 22.0 Å². The minimum absolute atomic E-state index is 0.00701. The number of fused-ring (bicyclic) bond motifs is 2. The molecule has 1 aliphatic rings. The second-order valence-corrected chi connectivity index (χ2v) is 7.29. The predicted molar refractivity (Wildman–Crippen MR) is 99.6 cm³/mol. The third-order valence-electron chi connectivity index (χ3n) is 5.22. The summed E-state index contributed by atoms with van der Waals surface area (Å²) in [5.74, 6) is 0.339. The van der Waals surface area contributed by atoms with Crippen LogP contribution in [0.1, 0.15) is 36.9 Å². The summed E-state index contributed by atoms with van der Waals surface area (Å²) in [7, 11) is 0. The molecule has 0 aliphatic heterocycles. The molecule has 2 aromatic carbocycles. The Morgan fingerprint density at radius 1 is 1.21 bits per heavy atom. The van der Waals surface area contributed by atoms with Crippen LogP contribution < -0.4 is 5.32 Å². The first-order valence-electron chi connectivity index (χ1n) is 9.12. The average Bonchev–Trinajstić information content (AvgIpc) is 3.17. The van der Waals surface area contributed by atoms with E-state index < -0.39 is 0 Å². The molecule has 0 radical (unpaired) electrons. The molecule has 7 heteroatoms. The van der Waals surface area contributed by atoms with E-state index in [-0.39, 0.29) is 35.4 Å². The highest BCUT2D eigenvalue weighted by atomic mass is 19.1. The number of amides is 1. The lowest BCUT2D eigenvalue weighted by atomic mass is 10.2. The number of carbonyl (C=O) groups excluding carboxylic acids is 1. The Morgan fingerprint density at radius 3 is 2.86 bits per heavy atom. The van der Waals surface area contributed by atoms with Gasteiger partial charge in [0.1, 0.15) is 28.8 Å². The topological polar surface area (TPSA) is 70.9 Å². The van der Waals surface area contributed by atoms with Crippen molar-refractivity contribution in [3.63, 3.8) is 0 Å². The van der Waals surface area contributed by atoms with Crippen molar-refractivity contribution >= 4 is 27.9 Å². The van der Waals surface area contributed by atoms with Gasteiger partial charge in [0.2, 0.25) is 5.91 Å². The Morgan fingerprint density at radius 2 is 2.00 bits per heavy atom. The minimum atomic E-state index is -0.339. The second kappa shape index (κ2) is 6.15. The summed E-state index contributed by atoms with van der Waals surface area (Å²) < 4.78 is 32.4. The van der Waals surface area contributed by atoms with Gasteiger partial charge in [-0.15, -0.1) is 0 Å². The molecule has 1 amide bonds. The molecule has 0 spiro atoms. The van der Waals surface area contributed by atoms with Crippen LogP contribution in [0.15, 0.2) is 46.9 Å². The van der Waals surface area contributed by atoms with Crippen LogP contribution in [0.2, 0.25) is 0 Å². The number of hydrogen-bond donors (Lipinski definition) is 2. The molecule has 0 saturated heterocycles. The lowest BCUT2D eigenvalue weighted by Crippen LogP contribution is -2.28. The van der Waals surface area contributed by atoms with Crippen LogP contribution in [-0.2, 0) is 4.79 Å². The third-order valence-corrected chi connectivity index (χ3v) is 5.22. The second-order valence-electron chi connectivity index (χ2n) is 7.29. The molecule has 142 valence electrons. The number of nitrogens with one attached hydrogen (secondary N) is 2. The van der Waals surface area contributed by atoms with E-state index in [1.165, 1.54) is 24.3 Å². The molecule has 0 unspecified atom stereocenters. The van der Waals surface area contributed by atoms with E-state index in [0.717, 1.165) is 0 Å². The van der Waals surface area contributed by atoms with Crippen molar-refractivity contribution in [1.82, 2.24) is 15.3 Å². The zero-order valence-electron chi connectivity index (χ0n) is 15.0. The smallest absolute Gasteiger partial charge is 0.224 e. The number of hydrogen-bond acceptors (Lipinski definition) is 3. The van der Waals surface area contributed by atoms with Gasteiger partial charge in [0.05, 0.1) is 17.1 Å². The summed E-state index contributed by atoms with van der Waals surface area (Å²) >= 11 is 0. The van der Waals surface area contributed by atoms with E-state index >= 15 is 0 Å². The summed E-state index contributed by atoms with van der Waals surface area (Å²) in [5.41, 5.74) is 1.89. The Balaban J connectivity index is 1.28. The van der Waals surface area contributed by atoms with Crippen molar-refractivity contribution in [2.45, 2.75) is 25.3 Å². The summed E-state index contributed by atoms with van der Waals surface area (Å²) in [6, 6.07) is 10.1. The molecule has 2 heterocycles. The number of benzene rings is 2. The van der Waals surface area contributed by atoms with Gasteiger partial charge in [-0.1, -0.05) is 0 Å². The molecule has 5 rings (SSSR count). The number of furan rings is 1. The molecular formula is C21H17F2N3O2. The summed E-state index contributed by atoms with van der Waals surface area (Å²) in [6.45, 7) is 1.83. The van der Waals surface area contributed by atoms with E-state index in [0.29, 0.717) is 40.0 Å². The summed E-state index contributed by atoms with van der Waals surface area (Å²) in [5, 5.41) is 3.61. The number of H-pyrrole nitrogens is 1. The van der Waals surface area contributed by atoms with Gasteiger partial charge in [-0.2, -0.15) is 0 Å². The summed E-state index contributed by atoms with van der Waals surface area (Å²) in [4.78, 5) is 20.2. The molecule has 2 N–H and O–H groups in total. The number of nitrogens with zero attached hydrogens (tertiary/aromatic N) is 1. The number of aromatic amines is 1. The molecule has 1 aliphatic carbocycles. The molecule has 28 heavy (non-hydrogen) atoms. The van der Waals surface area contributed by atoms with E-state index in [1.54, 1.807) is 18.2 Å². The van der Waals surface area contributed by atoms with E-state index in [2.05, 4.69) is 15.3 Å². The van der Waals surface area contributed by atoms with Gasteiger partial charge in [0.15, 0.2) is 0 Å².